The van der Waals surface area contributed by atoms with Gasteiger partial charge in [0.15, 0.2) is 5.78 Å². The summed E-state index contributed by atoms with van der Waals surface area (Å²) in [4.78, 5) is 17.5. The molecular weight excluding hydrogens is 381 g/mol. The highest BCUT2D eigenvalue weighted by Gasteiger charge is 2.24. The lowest BCUT2D eigenvalue weighted by molar-refractivity contribution is 0.0995. The molecule has 2 aromatic carbocycles. The number of aryl methyl sites for hydroxylation is 2. The van der Waals surface area contributed by atoms with Crippen LogP contribution in [0.25, 0.3) is 0 Å². The van der Waals surface area contributed by atoms with Gasteiger partial charge in [-0.3, -0.25) is 4.79 Å². The minimum atomic E-state index is -0.506. The van der Waals surface area contributed by atoms with E-state index in [1.54, 1.807) is 19.2 Å². The Balaban J connectivity index is 1.69. The third-order valence-electron chi connectivity index (χ3n) is 5.38. The summed E-state index contributed by atoms with van der Waals surface area (Å²) >= 11 is 0. The Morgan fingerprint density at radius 1 is 1.20 bits per heavy atom. The average molecular weight is 405 g/mol. The third kappa shape index (κ3) is 3.85. The Morgan fingerprint density at radius 2 is 2.03 bits per heavy atom. The normalized spacial score (nSPS) is 12.6. The highest BCUT2D eigenvalue weighted by molar-refractivity contribution is 6.09. The lowest BCUT2D eigenvalue weighted by atomic mass is 9.99. The number of halogens is 1. The summed E-state index contributed by atoms with van der Waals surface area (Å²) in [5, 5.41) is 16.2. The highest BCUT2D eigenvalue weighted by atomic mass is 19.1. The van der Waals surface area contributed by atoms with Crippen molar-refractivity contribution in [3.05, 3.63) is 70.7 Å². The van der Waals surface area contributed by atoms with Crippen molar-refractivity contribution >= 4 is 28.7 Å². The fourth-order valence-corrected chi connectivity index (χ4v) is 3.69. The molecule has 0 spiro atoms. The molecule has 0 amide bonds. The van der Waals surface area contributed by atoms with Gasteiger partial charge in [-0.15, -0.1) is 0 Å². The number of hydrogen-bond donors (Lipinski definition) is 3. The number of Topliss-reactive ketones (excluding diaryl/α,β-unsaturated/α-hetero) is 1. The SMILES string of the molecule is CCCCc1ccc2c(c1)CC(=O)c1c(Nc3cc(O)c(C)cc3F)ccnc1N2. The van der Waals surface area contributed by atoms with Gasteiger partial charge in [-0.05, 0) is 54.7 Å². The number of rotatable bonds is 5. The monoisotopic (exact) mass is 405 g/mol. The Labute approximate surface area is 175 Å². The lowest BCUT2D eigenvalue weighted by Gasteiger charge is -2.14. The van der Waals surface area contributed by atoms with Crippen LogP contribution in [0.3, 0.4) is 0 Å². The van der Waals surface area contributed by atoms with E-state index in [2.05, 4.69) is 34.7 Å². The molecular formula is C24H24FN3O2. The van der Waals surface area contributed by atoms with Gasteiger partial charge in [0, 0.05) is 24.4 Å². The summed E-state index contributed by atoms with van der Waals surface area (Å²) in [6.07, 6.45) is 4.99. The number of fused-ring (bicyclic) bond motifs is 2. The number of hydrogen-bond acceptors (Lipinski definition) is 5. The highest BCUT2D eigenvalue weighted by Crippen LogP contribution is 2.35. The van der Waals surface area contributed by atoms with Crippen molar-refractivity contribution < 1.29 is 14.3 Å². The van der Waals surface area contributed by atoms with E-state index in [0.29, 0.717) is 22.6 Å². The van der Waals surface area contributed by atoms with Crippen molar-refractivity contribution in [3.63, 3.8) is 0 Å². The van der Waals surface area contributed by atoms with Crippen LogP contribution in [0, 0.1) is 12.7 Å². The Hall–Kier alpha value is -3.41. The van der Waals surface area contributed by atoms with Gasteiger partial charge in [-0.2, -0.15) is 0 Å². The summed E-state index contributed by atoms with van der Waals surface area (Å²) in [7, 11) is 0. The van der Waals surface area contributed by atoms with Crippen LogP contribution in [0.1, 0.15) is 46.8 Å². The lowest BCUT2D eigenvalue weighted by Crippen LogP contribution is -2.08. The molecule has 0 aliphatic carbocycles. The van der Waals surface area contributed by atoms with Gasteiger partial charge in [-0.25, -0.2) is 9.37 Å². The maximum absolute atomic E-state index is 14.4. The molecule has 0 saturated carbocycles. The fraction of sp³-hybridized carbons (Fsp3) is 0.250. The zero-order chi connectivity index (χ0) is 21.3. The molecule has 1 aliphatic heterocycles. The van der Waals surface area contributed by atoms with Crippen LogP contribution >= 0.6 is 0 Å². The molecule has 5 nitrogen and oxygen atoms in total. The Morgan fingerprint density at radius 3 is 2.83 bits per heavy atom. The predicted octanol–water partition coefficient (Wildman–Crippen LogP) is 5.80. The second-order valence-electron chi connectivity index (χ2n) is 7.65. The summed E-state index contributed by atoms with van der Waals surface area (Å²) in [6.45, 7) is 3.78. The molecule has 154 valence electrons. The van der Waals surface area contributed by atoms with Crippen molar-refractivity contribution in [3.8, 4) is 5.75 Å². The molecule has 0 fully saturated rings. The second-order valence-corrected chi connectivity index (χ2v) is 7.65. The number of aromatic nitrogens is 1. The number of phenolic OH excluding ortho intramolecular Hbond substituents is 1. The van der Waals surface area contributed by atoms with Crippen LogP contribution in [-0.2, 0) is 12.8 Å². The number of pyridine rings is 1. The summed E-state index contributed by atoms with van der Waals surface area (Å²) in [6, 6.07) is 10.3. The zero-order valence-electron chi connectivity index (χ0n) is 17.1. The fourth-order valence-electron chi connectivity index (χ4n) is 3.69. The molecule has 3 N–H and O–H groups in total. The first-order valence-electron chi connectivity index (χ1n) is 10.1. The van der Waals surface area contributed by atoms with Gasteiger partial charge in [0.25, 0.3) is 0 Å². The van der Waals surface area contributed by atoms with Gasteiger partial charge in [-0.1, -0.05) is 25.5 Å². The van der Waals surface area contributed by atoms with Gasteiger partial charge >= 0.3 is 0 Å². The number of aromatic hydroxyl groups is 1. The van der Waals surface area contributed by atoms with E-state index in [-0.39, 0.29) is 23.6 Å². The number of nitrogens with one attached hydrogen (secondary N) is 2. The minimum absolute atomic E-state index is 0.0180. The van der Waals surface area contributed by atoms with E-state index < -0.39 is 5.82 Å². The van der Waals surface area contributed by atoms with Crippen LogP contribution in [0.2, 0.25) is 0 Å². The van der Waals surface area contributed by atoms with Gasteiger partial charge in [0.1, 0.15) is 17.4 Å². The molecule has 3 aromatic rings. The van der Waals surface area contributed by atoms with Gasteiger partial charge < -0.3 is 15.7 Å². The van der Waals surface area contributed by atoms with Crippen molar-refractivity contribution in [1.29, 1.82) is 0 Å². The Bertz CT molecular complexity index is 1130. The zero-order valence-corrected chi connectivity index (χ0v) is 17.1. The Kier molecular flexibility index (Phi) is 5.40. The van der Waals surface area contributed by atoms with E-state index in [0.717, 1.165) is 30.5 Å². The summed E-state index contributed by atoms with van der Waals surface area (Å²) in [5.41, 5.74) is 4.35. The van der Waals surface area contributed by atoms with Gasteiger partial charge in [0.05, 0.1) is 16.9 Å². The van der Waals surface area contributed by atoms with Crippen molar-refractivity contribution in [1.82, 2.24) is 4.98 Å². The molecule has 4 rings (SSSR count). The van der Waals surface area contributed by atoms with Crippen LogP contribution < -0.4 is 10.6 Å². The summed E-state index contributed by atoms with van der Waals surface area (Å²) < 4.78 is 14.4. The molecule has 30 heavy (non-hydrogen) atoms. The van der Waals surface area contributed by atoms with Crippen LogP contribution in [0.4, 0.5) is 27.3 Å². The molecule has 0 atom stereocenters. The number of nitrogens with zero attached hydrogens (tertiary/aromatic N) is 1. The topological polar surface area (TPSA) is 74.2 Å². The number of phenols is 1. The van der Waals surface area contributed by atoms with Crippen molar-refractivity contribution in [2.24, 2.45) is 0 Å². The van der Waals surface area contributed by atoms with E-state index in [4.69, 9.17) is 0 Å². The van der Waals surface area contributed by atoms with Crippen LogP contribution in [-0.4, -0.2) is 15.9 Å². The maximum atomic E-state index is 14.4. The number of anilines is 4. The number of carbonyl (C=O) groups is 1. The first-order chi connectivity index (χ1) is 14.5. The first kappa shape index (κ1) is 19.9. The largest absolute Gasteiger partial charge is 0.508 e. The molecule has 0 unspecified atom stereocenters. The molecule has 1 aliphatic rings. The quantitative estimate of drug-likeness (QED) is 0.500. The predicted molar refractivity (Wildman–Crippen MR) is 117 cm³/mol. The van der Waals surface area contributed by atoms with E-state index >= 15 is 0 Å². The maximum Gasteiger partial charge on any atom is 0.173 e. The standard InChI is InChI=1S/C24H24FN3O2/c1-3-4-5-15-6-7-18-16(11-15)12-22(30)23-19(8-9-26-24(23)28-18)27-20-13-21(29)14(2)10-17(20)25/h6-11,13,29H,3-5,12H2,1-2H3,(H2,26,27,28). The molecule has 2 heterocycles. The third-order valence-corrected chi connectivity index (χ3v) is 5.38. The van der Waals surface area contributed by atoms with E-state index in [1.807, 2.05) is 6.07 Å². The van der Waals surface area contributed by atoms with Crippen molar-refractivity contribution in [2.45, 2.75) is 39.5 Å². The first-order valence-corrected chi connectivity index (χ1v) is 10.1. The smallest absolute Gasteiger partial charge is 0.173 e. The number of carbonyl (C=O) groups excluding carboxylic acids is 1. The van der Waals surface area contributed by atoms with Gasteiger partial charge in [0.2, 0.25) is 0 Å². The van der Waals surface area contributed by atoms with Crippen molar-refractivity contribution in [2.75, 3.05) is 10.6 Å². The van der Waals surface area contributed by atoms with Crippen LogP contribution in [0.15, 0.2) is 42.6 Å². The number of benzene rings is 2. The molecule has 0 bridgehead atoms. The van der Waals surface area contributed by atoms with E-state index in [1.165, 1.54) is 17.7 Å². The minimum Gasteiger partial charge on any atom is -0.508 e. The molecule has 0 radical (unpaired) electrons. The average Bonchev–Trinajstić information content (AvgIpc) is 2.86. The van der Waals surface area contributed by atoms with Crippen LogP contribution in [0.5, 0.6) is 5.75 Å². The second kappa shape index (κ2) is 8.14. The van der Waals surface area contributed by atoms with E-state index in [9.17, 15) is 14.3 Å². The summed E-state index contributed by atoms with van der Waals surface area (Å²) in [5.74, 6) is -0.192. The molecule has 1 aromatic heterocycles. The molecule has 0 saturated heterocycles. The number of unbranched alkanes of at least 4 members (excludes halogenated alkanes) is 1. The molecule has 6 heteroatoms. The number of ketones is 1.